The van der Waals surface area contributed by atoms with Gasteiger partial charge in [-0.15, -0.1) is 0 Å². The highest BCUT2D eigenvalue weighted by molar-refractivity contribution is 7.89. The number of pyridine rings is 2. The number of methoxy groups -OCH3 is 2. The fourth-order valence-electron chi connectivity index (χ4n) is 3.55. The molecule has 4 aromatic rings. The number of hydrogen-bond donors (Lipinski definition) is 1. The van der Waals surface area contributed by atoms with Gasteiger partial charge in [-0.25, -0.2) is 8.42 Å². The van der Waals surface area contributed by atoms with E-state index in [-0.39, 0.29) is 23.5 Å². The Morgan fingerprint density at radius 2 is 1.67 bits per heavy atom. The van der Waals surface area contributed by atoms with Crippen LogP contribution in [0.1, 0.15) is 11.1 Å². The molecule has 8 nitrogen and oxygen atoms in total. The summed E-state index contributed by atoms with van der Waals surface area (Å²) in [5, 5.41) is 0.695. The number of aromatic nitrogens is 2. The molecule has 0 saturated carbocycles. The Kier molecular flexibility index (Phi) is 6.43. The second-order valence-electron chi connectivity index (χ2n) is 7.37. The molecule has 2 heterocycles. The number of hydrogen-bond acceptors (Lipinski definition) is 6. The SMILES string of the molecule is COc1cc2cc(CN(Cc3cccnc3)S(=O)(=O)c3ccccc3)c(=O)[nH]c2cc1OC. The van der Waals surface area contributed by atoms with E-state index in [0.717, 1.165) is 0 Å². The second kappa shape index (κ2) is 9.43. The molecule has 0 radical (unpaired) electrons. The first-order valence-electron chi connectivity index (χ1n) is 10.1. The van der Waals surface area contributed by atoms with Gasteiger partial charge in [0.15, 0.2) is 11.5 Å². The molecule has 0 aliphatic rings. The first-order valence-corrected chi connectivity index (χ1v) is 11.6. The van der Waals surface area contributed by atoms with Crippen molar-refractivity contribution in [3.05, 3.63) is 94.5 Å². The highest BCUT2D eigenvalue weighted by Crippen LogP contribution is 2.31. The van der Waals surface area contributed by atoms with Crippen molar-refractivity contribution in [2.24, 2.45) is 0 Å². The zero-order valence-electron chi connectivity index (χ0n) is 18.2. The topological polar surface area (TPSA) is 102 Å². The van der Waals surface area contributed by atoms with Gasteiger partial charge in [-0.3, -0.25) is 9.78 Å². The molecule has 0 aliphatic heterocycles. The summed E-state index contributed by atoms with van der Waals surface area (Å²) >= 11 is 0. The fraction of sp³-hybridized carbons (Fsp3) is 0.167. The van der Waals surface area contributed by atoms with Crippen LogP contribution in [-0.4, -0.2) is 36.9 Å². The first kappa shape index (κ1) is 22.5. The largest absolute Gasteiger partial charge is 0.493 e. The number of sulfonamides is 1. The summed E-state index contributed by atoms with van der Waals surface area (Å²) < 4.78 is 38.8. The van der Waals surface area contributed by atoms with Crippen molar-refractivity contribution in [1.82, 2.24) is 14.3 Å². The molecule has 0 aliphatic carbocycles. The quantitative estimate of drug-likeness (QED) is 0.428. The summed E-state index contributed by atoms with van der Waals surface area (Å²) in [4.78, 5) is 19.9. The van der Waals surface area contributed by atoms with Crippen LogP contribution in [0.25, 0.3) is 10.9 Å². The minimum absolute atomic E-state index is 0.0640. The molecule has 0 atom stereocenters. The van der Waals surface area contributed by atoms with Crippen molar-refractivity contribution in [3.8, 4) is 11.5 Å². The summed E-state index contributed by atoms with van der Waals surface area (Å²) in [6.45, 7) is -0.0553. The molecule has 0 amide bonds. The maximum absolute atomic E-state index is 13.5. The molecule has 33 heavy (non-hydrogen) atoms. The standard InChI is InChI=1S/C24H23N3O5S/c1-31-22-12-18-11-19(24(28)26-21(18)13-23(22)32-2)16-27(15-17-7-6-10-25-14-17)33(29,30)20-8-4-3-5-9-20/h3-14H,15-16H2,1-2H3,(H,26,28). The monoisotopic (exact) mass is 465 g/mol. The molecular formula is C24H23N3O5S. The molecule has 0 bridgehead atoms. The Morgan fingerprint density at radius 3 is 2.33 bits per heavy atom. The molecule has 1 N–H and O–H groups in total. The van der Waals surface area contributed by atoms with Gasteiger partial charge in [0.2, 0.25) is 10.0 Å². The van der Waals surface area contributed by atoms with Crippen LogP contribution in [0.4, 0.5) is 0 Å². The van der Waals surface area contributed by atoms with Gasteiger partial charge >= 0.3 is 0 Å². The predicted molar refractivity (Wildman–Crippen MR) is 125 cm³/mol. The lowest BCUT2D eigenvalue weighted by atomic mass is 10.1. The molecule has 4 rings (SSSR count). The van der Waals surface area contributed by atoms with Crippen LogP contribution in [0.15, 0.2) is 82.7 Å². The van der Waals surface area contributed by atoms with Gasteiger partial charge in [-0.2, -0.15) is 4.31 Å². The normalized spacial score (nSPS) is 11.6. The van der Waals surface area contributed by atoms with E-state index in [1.54, 1.807) is 60.9 Å². The van der Waals surface area contributed by atoms with Crippen LogP contribution in [-0.2, 0) is 23.1 Å². The van der Waals surface area contributed by atoms with Crippen LogP contribution < -0.4 is 15.0 Å². The maximum atomic E-state index is 13.5. The van der Waals surface area contributed by atoms with Crippen molar-refractivity contribution in [2.75, 3.05) is 14.2 Å². The summed E-state index contributed by atoms with van der Waals surface area (Å²) in [6.07, 6.45) is 3.23. The third-order valence-corrected chi connectivity index (χ3v) is 7.04. The molecule has 9 heteroatoms. The van der Waals surface area contributed by atoms with Crippen molar-refractivity contribution in [1.29, 1.82) is 0 Å². The van der Waals surface area contributed by atoms with Crippen LogP contribution in [0.2, 0.25) is 0 Å². The highest BCUT2D eigenvalue weighted by Gasteiger charge is 2.26. The molecule has 0 spiro atoms. The van der Waals surface area contributed by atoms with Crippen molar-refractivity contribution in [3.63, 3.8) is 0 Å². The van der Waals surface area contributed by atoms with E-state index in [0.29, 0.717) is 33.5 Å². The van der Waals surface area contributed by atoms with Gasteiger partial charge in [0.1, 0.15) is 0 Å². The number of ether oxygens (including phenoxy) is 2. The van der Waals surface area contributed by atoms with Gasteiger partial charge in [0.25, 0.3) is 5.56 Å². The molecule has 2 aromatic heterocycles. The Labute approximate surface area is 191 Å². The average molecular weight is 466 g/mol. The maximum Gasteiger partial charge on any atom is 0.252 e. The Morgan fingerprint density at radius 1 is 0.939 bits per heavy atom. The average Bonchev–Trinajstić information content (AvgIpc) is 2.84. The number of nitrogens with one attached hydrogen (secondary N) is 1. The third-order valence-electron chi connectivity index (χ3n) is 5.23. The number of H-pyrrole nitrogens is 1. The molecule has 170 valence electrons. The van der Waals surface area contributed by atoms with Crippen molar-refractivity contribution in [2.45, 2.75) is 18.0 Å². The van der Waals surface area contributed by atoms with Gasteiger partial charge in [0, 0.05) is 42.5 Å². The van der Waals surface area contributed by atoms with E-state index >= 15 is 0 Å². The van der Waals surface area contributed by atoms with Crippen LogP contribution in [0.5, 0.6) is 11.5 Å². The Bertz CT molecular complexity index is 1420. The van der Waals surface area contributed by atoms with E-state index in [1.165, 1.54) is 30.7 Å². The highest BCUT2D eigenvalue weighted by atomic mass is 32.2. The summed E-state index contributed by atoms with van der Waals surface area (Å²) in [7, 11) is -0.842. The molecule has 2 aromatic carbocycles. The predicted octanol–water partition coefficient (Wildman–Crippen LogP) is 3.33. The third kappa shape index (κ3) is 4.74. The van der Waals surface area contributed by atoms with E-state index < -0.39 is 10.0 Å². The van der Waals surface area contributed by atoms with Gasteiger partial charge in [0.05, 0.1) is 24.6 Å². The van der Waals surface area contributed by atoms with Gasteiger partial charge < -0.3 is 14.5 Å². The smallest absolute Gasteiger partial charge is 0.252 e. The number of fused-ring (bicyclic) bond motifs is 1. The van der Waals surface area contributed by atoms with E-state index in [9.17, 15) is 13.2 Å². The molecule has 0 fully saturated rings. The number of aromatic amines is 1. The van der Waals surface area contributed by atoms with Crippen molar-refractivity contribution >= 4 is 20.9 Å². The fourth-order valence-corrected chi connectivity index (χ4v) is 4.98. The summed E-state index contributed by atoms with van der Waals surface area (Å²) in [5.41, 5.74) is 1.19. The van der Waals surface area contributed by atoms with Crippen LogP contribution in [0.3, 0.4) is 0 Å². The minimum Gasteiger partial charge on any atom is -0.493 e. The first-order chi connectivity index (χ1) is 15.9. The van der Waals surface area contributed by atoms with E-state index in [2.05, 4.69) is 9.97 Å². The van der Waals surface area contributed by atoms with Gasteiger partial charge in [-0.1, -0.05) is 24.3 Å². The minimum atomic E-state index is -3.88. The number of benzene rings is 2. The lowest BCUT2D eigenvalue weighted by Crippen LogP contribution is -2.32. The van der Waals surface area contributed by atoms with E-state index in [1.807, 2.05) is 0 Å². The van der Waals surface area contributed by atoms with E-state index in [4.69, 9.17) is 9.47 Å². The Balaban J connectivity index is 1.78. The molecule has 0 unspecified atom stereocenters. The number of nitrogens with zero attached hydrogens (tertiary/aromatic N) is 2. The zero-order chi connectivity index (χ0) is 23.4. The summed E-state index contributed by atoms with van der Waals surface area (Å²) in [5.74, 6) is 0.991. The molecular weight excluding hydrogens is 442 g/mol. The second-order valence-corrected chi connectivity index (χ2v) is 9.30. The summed E-state index contributed by atoms with van der Waals surface area (Å²) in [6, 6.07) is 16.8. The Hall–Kier alpha value is -3.69. The van der Waals surface area contributed by atoms with Gasteiger partial charge in [-0.05, 0) is 35.9 Å². The lowest BCUT2D eigenvalue weighted by Gasteiger charge is -2.22. The zero-order valence-corrected chi connectivity index (χ0v) is 19.0. The molecule has 0 saturated heterocycles. The van der Waals surface area contributed by atoms with Crippen LogP contribution in [0, 0.1) is 0 Å². The lowest BCUT2D eigenvalue weighted by molar-refractivity contribution is 0.355. The van der Waals surface area contributed by atoms with Crippen LogP contribution >= 0.6 is 0 Å². The van der Waals surface area contributed by atoms with Crippen molar-refractivity contribution < 1.29 is 17.9 Å². The number of rotatable bonds is 8.